The van der Waals surface area contributed by atoms with Gasteiger partial charge in [0.15, 0.2) is 0 Å². The lowest BCUT2D eigenvalue weighted by Crippen LogP contribution is -2.45. The number of benzene rings is 1. The minimum absolute atomic E-state index is 0.182. The number of aliphatic carboxylic acids is 1. The topological polar surface area (TPSA) is 101 Å². The number of methoxy groups -OCH3 is 1. The average Bonchev–Trinajstić information content (AvgIpc) is 2.54. The number of amides is 1. The molecule has 0 spiro atoms. The van der Waals surface area contributed by atoms with E-state index in [2.05, 4.69) is 15.3 Å². The van der Waals surface area contributed by atoms with Gasteiger partial charge in [0, 0.05) is 6.20 Å². The van der Waals surface area contributed by atoms with Gasteiger partial charge < -0.3 is 15.2 Å². The predicted octanol–water partition coefficient (Wildman–Crippen LogP) is 1.91. The van der Waals surface area contributed by atoms with Gasteiger partial charge in [0.1, 0.15) is 17.3 Å². The van der Waals surface area contributed by atoms with Gasteiger partial charge in [-0.15, -0.1) is 0 Å². The van der Waals surface area contributed by atoms with Gasteiger partial charge in [-0.05, 0) is 37.6 Å². The molecule has 1 heterocycles. The summed E-state index contributed by atoms with van der Waals surface area (Å²) in [6.07, 6.45) is 1.20. The molecule has 1 aromatic carbocycles. The Hall–Kier alpha value is -2.96. The molecule has 0 saturated carbocycles. The van der Waals surface area contributed by atoms with Crippen molar-refractivity contribution >= 4 is 11.9 Å². The molecule has 1 aromatic heterocycles. The van der Waals surface area contributed by atoms with Crippen molar-refractivity contribution in [1.29, 1.82) is 0 Å². The van der Waals surface area contributed by atoms with Crippen molar-refractivity contribution < 1.29 is 19.4 Å². The Kier molecular flexibility index (Phi) is 5.13. The minimum atomic E-state index is -1.11. The molecule has 0 saturated heterocycles. The number of nitrogens with zero attached hydrogens (tertiary/aromatic N) is 2. The number of nitrogens with one attached hydrogen (secondary N) is 1. The van der Waals surface area contributed by atoms with E-state index in [0.717, 1.165) is 0 Å². The van der Waals surface area contributed by atoms with E-state index in [4.69, 9.17) is 4.74 Å². The number of carboxylic acid groups (broad SMARTS) is 1. The Morgan fingerprint density at radius 2 is 2.08 bits per heavy atom. The van der Waals surface area contributed by atoms with Gasteiger partial charge in [0.2, 0.25) is 0 Å². The molecule has 0 fully saturated rings. The number of carbonyl (C=O) groups is 2. The molecule has 0 aliphatic carbocycles. The highest BCUT2D eigenvalue weighted by molar-refractivity contribution is 5.93. The Balaban J connectivity index is 2.36. The van der Waals surface area contributed by atoms with Crippen molar-refractivity contribution in [2.24, 2.45) is 0 Å². The summed E-state index contributed by atoms with van der Waals surface area (Å²) in [6.45, 7) is 3.33. The van der Waals surface area contributed by atoms with Crippen molar-refractivity contribution in [3.63, 3.8) is 0 Å². The molecule has 1 atom stereocenters. The van der Waals surface area contributed by atoms with Crippen molar-refractivity contribution in [1.82, 2.24) is 15.3 Å². The predicted molar refractivity (Wildman–Crippen MR) is 86.8 cm³/mol. The molecule has 1 amide bonds. The van der Waals surface area contributed by atoms with Crippen LogP contribution in [0.2, 0.25) is 0 Å². The Morgan fingerprint density at radius 1 is 1.33 bits per heavy atom. The van der Waals surface area contributed by atoms with E-state index in [1.807, 2.05) is 0 Å². The van der Waals surface area contributed by atoms with Gasteiger partial charge in [0.25, 0.3) is 5.91 Å². The minimum Gasteiger partial charge on any atom is -0.497 e. The zero-order chi connectivity index (χ0) is 17.7. The van der Waals surface area contributed by atoms with E-state index in [9.17, 15) is 14.7 Å². The fourth-order valence-corrected chi connectivity index (χ4v) is 2.38. The van der Waals surface area contributed by atoms with E-state index in [-0.39, 0.29) is 12.1 Å². The highest BCUT2D eigenvalue weighted by atomic mass is 16.5. The monoisotopic (exact) mass is 329 g/mol. The van der Waals surface area contributed by atoms with Crippen molar-refractivity contribution in [3.05, 3.63) is 53.6 Å². The third kappa shape index (κ3) is 4.07. The van der Waals surface area contributed by atoms with Crippen LogP contribution in [0.4, 0.5) is 0 Å². The molecule has 24 heavy (non-hydrogen) atoms. The van der Waals surface area contributed by atoms with Crippen LogP contribution >= 0.6 is 0 Å². The summed E-state index contributed by atoms with van der Waals surface area (Å²) in [5, 5.41) is 12.0. The summed E-state index contributed by atoms with van der Waals surface area (Å²) in [7, 11) is 1.52. The van der Waals surface area contributed by atoms with Crippen LogP contribution in [0.15, 0.2) is 36.5 Å². The Morgan fingerprint density at radius 3 is 2.71 bits per heavy atom. The smallest absolute Gasteiger partial charge is 0.306 e. The van der Waals surface area contributed by atoms with E-state index in [0.29, 0.717) is 17.1 Å². The lowest BCUT2D eigenvalue weighted by atomic mass is 9.88. The van der Waals surface area contributed by atoms with E-state index in [1.54, 1.807) is 38.1 Å². The highest BCUT2D eigenvalue weighted by Crippen LogP contribution is 2.28. The van der Waals surface area contributed by atoms with Crippen molar-refractivity contribution in [3.8, 4) is 5.75 Å². The number of rotatable bonds is 6. The van der Waals surface area contributed by atoms with Gasteiger partial charge in [-0.25, -0.2) is 9.97 Å². The number of ether oxygens (including phenoxy) is 1. The third-order valence-electron chi connectivity index (χ3n) is 3.61. The van der Waals surface area contributed by atoms with Gasteiger partial charge >= 0.3 is 5.97 Å². The first-order valence-electron chi connectivity index (χ1n) is 7.32. The molecule has 0 aliphatic heterocycles. The summed E-state index contributed by atoms with van der Waals surface area (Å²) in [5.41, 5.74) is -0.304. The first kappa shape index (κ1) is 17.4. The van der Waals surface area contributed by atoms with Gasteiger partial charge in [0.05, 0.1) is 19.1 Å². The van der Waals surface area contributed by atoms with Crippen LogP contribution < -0.4 is 10.1 Å². The summed E-state index contributed by atoms with van der Waals surface area (Å²) in [6, 6.07) is 8.43. The molecule has 126 valence electrons. The number of aryl methyl sites for hydroxylation is 1. The molecule has 0 bridgehead atoms. The lowest BCUT2D eigenvalue weighted by Gasteiger charge is -2.30. The zero-order valence-corrected chi connectivity index (χ0v) is 13.7. The average molecular weight is 329 g/mol. The summed E-state index contributed by atoms with van der Waals surface area (Å²) in [5.74, 6) is -0.452. The van der Waals surface area contributed by atoms with Gasteiger partial charge in [-0.3, -0.25) is 9.59 Å². The highest BCUT2D eigenvalue weighted by Gasteiger charge is 2.32. The molecule has 2 aromatic rings. The molecular weight excluding hydrogens is 310 g/mol. The van der Waals surface area contributed by atoms with Crippen LogP contribution in [0.25, 0.3) is 0 Å². The van der Waals surface area contributed by atoms with E-state index >= 15 is 0 Å². The van der Waals surface area contributed by atoms with Crippen LogP contribution in [-0.4, -0.2) is 34.1 Å². The fourth-order valence-electron chi connectivity index (χ4n) is 2.38. The summed E-state index contributed by atoms with van der Waals surface area (Å²) < 4.78 is 5.18. The molecular formula is C17H19N3O4. The van der Waals surface area contributed by atoms with Gasteiger partial charge in [-0.2, -0.15) is 0 Å². The number of aromatic nitrogens is 2. The molecule has 2 rings (SSSR count). The second-order valence-corrected chi connectivity index (χ2v) is 5.58. The maximum Gasteiger partial charge on any atom is 0.306 e. The number of carbonyl (C=O) groups excluding carboxylic acids is 1. The second kappa shape index (κ2) is 7.08. The van der Waals surface area contributed by atoms with E-state index < -0.39 is 17.4 Å². The normalized spacial score (nSPS) is 13.0. The van der Waals surface area contributed by atoms with Crippen LogP contribution in [-0.2, 0) is 10.3 Å². The van der Waals surface area contributed by atoms with Gasteiger partial charge in [-0.1, -0.05) is 12.1 Å². The largest absolute Gasteiger partial charge is 0.497 e. The zero-order valence-electron chi connectivity index (χ0n) is 13.7. The quantitative estimate of drug-likeness (QED) is 0.839. The number of carboxylic acids is 1. The maximum absolute atomic E-state index is 12.5. The number of hydrogen-bond donors (Lipinski definition) is 2. The molecule has 2 N–H and O–H groups in total. The molecule has 7 nitrogen and oxygen atoms in total. The Labute approximate surface area is 139 Å². The van der Waals surface area contributed by atoms with Crippen molar-refractivity contribution in [2.75, 3.05) is 7.11 Å². The van der Waals surface area contributed by atoms with Crippen LogP contribution in [0.3, 0.4) is 0 Å². The SMILES string of the molecule is COc1cccc(C(C)(CC(=O)O)NC(=O)c2ccnc(C)n2)c1. The van der Waals surface area contributed by atoms with Crippen LogP contribution in [0.1, 0.15) is 35.2 Å². The third-order valence-corrected chi connectivity index (χ3v) is 3.61. The molecule has 7 heteroatoms. The fraction of sp³-hybridized carbons (Fsp3) is 0.294. The first-order valence-corrected chi connectivity index (χ1v) is 7.32. The second-order valence-electron chi connectivity index (χ2n) is 5.58. The lowest BCUT2D eigenvalue weighted by molar-refractivity contribution is -0.138. The molecule has 0 aliphatic rings. The van der Waals surface area contributed by atoms with E-state index in [1.165, 1.54) is 19.4 Å². The first-order chi connectivity index (χ1) is 11.3. The van der Waals surface area contributed by atoms with Crippen LogP contribution in [0.5, 0.6) is 5.75 Å². The Bertz CT molecular complexity index is 763. The standard InChI is InChI=1S/C17H19N3O4/c1-11-18-8-7-14(19-11)16(23)20-17(2,10-15(21)22)12-5-4-6-13(9-12)24-3/h4-9H,10H2,1-3H3,(H,20,23)(H,21,22). The maximum atomic E-state index is 12.5. The van der Waals surface area contributed by atoms with Crippen molar-refractivity contribution in [2.45, 2.75) is 25.8 Å². The number of hydrogen-bond acceptors (Lipinski definition) is 5. The summed E-state index contributed by atoms with van der Waals surface area (Å²) in [4.78, 5) is 31.8. The van der Waals surface area contributed by atoms with Crippen LogP contribution in [0, 0.1) is 6.92 Å². The molecule has 1 unspecified atom stereocenters. The summed E-state index contributed by atoms with van der Waals surface area (Å²) >= 11 is 0. The molecule has 0 radical (unpaired) electrons.